The van der Waals surface area contributed by atoms with Crippen molar-refractivity contribution in [3.8, 4) is 0 Å². The van der Waals surface area contributed by atoms with Crippen molar-refractivity contribution >= 4 is 29.1 Å². The van der Waals surface area contributed by atoms with Crippen molar-refractivity contribution < 1.29 is 9.18 Å². The molecule has 0 spiro atoms. The molecule has 8 heteroatoms. The van der Waals surface area contributed by atoms with Crippen LogP contribution in [0.4, 0.5) is 16.0 Å². The SMILES string of the molecule is CCNc1cc(NCCNC(=O)c2c(F)cccc2Cl)nc(C)n1. The number of halogens is 2. The molecule has 0 fully saturated rings. The minimum atomic E-state index is -0.644. The summed E-state index contributed by atoms with van der Waals surface area (Å²) in [5.41, 5.74) is -0.147. The van der Waals surface area contributed by atoms with E-state index in [4.69, 9.17) is 11.6 Å². The third-order valence-electron chi connectivity index (χ3n) is 3.10. The monoisotopic (exact) mass is 351 g/mol. The fourth-order valence-electron chi connectivity index (χ4n) is 2.10. The van der Waals surface area contributed by atoms with E-state index in [9.17, 15) is 9.18 Å². The molecule has 1 aromatic heterocycles. The second-order valence-electron chi connectivity index (χ2n) is 5.00. The van der Waals surface area contributed by atoms with Gasteiger partial charge in [0.1, 0.15) is 23.3 Å². The largest absolute Gasteiger partial charge is 0.370 e. The highest BCUT2D eigenvalue weighted by molar-refractivity contribution is 6.33. The highest BCUT2D eigenvalue weighted by Crippen LogP contribution is 2.18. The lowest BCUT2D eigenvalue weighted by Crippen LogP contribution is -2.29. The van der Waals surface area contributed by atoms with E-state index >= 15 is 0 Å². The molecular formula is C16H19ClFN5O. The number of nitrogens with one attached hydrogen (secondary N) is 3. The predicted molar refractivity (Wildman–Crippen MR) is 93.2 cm³/mol. The zero-order valence-corrected chi connectivity index (χ0v) is 14.2. The minimum absolute atomic E-state index is 0.0853. The molecule has 0 aliphatic carbocycles. The summed E-state index contributed by atoms with van der Waals surface area (Å²) in [4.78, 5) is 20.5. The van der Waals surface area contributed by atoms with E-state index in [2.05, 4.69) is 25.9 Å². The van der Waals surface area contributed by atoms with Gasteiger partial charge in [-0.25, -0.2) is 14.4 Å². The summed E-state index contributed by atoms with van der Waals surface area (Å²) >= 11 is 5.86. The second-order valence-corrected chi connectivity index (χ2v) is 5.40. The van der Waals surface area contributed by atoms with Gasteiger partial charge >= 0.3 is 0 Å². The summed E-state index contributed by atoms with van der Waals surface area (Å²) in [6.45, 7) is 5.26. The number of carbonyl (C=O) groups is 1. The lowest BCUT2D eigenvalue weighted by molar-refractivity contribution is 0.0951. The number of nitrogens with zero attached hydrogens (tertiary/aromatic N) is 2. The van der Waals surface area contributed by atoms with E-state index in [0.29, 0.717) is 24.7 Å². The molecule has 0 radical (unpaired) electrons. The van der Waals surface area contributed by atoms with Gasteiger partial charge in [-0.1, -0.05) is 17.7 Å². The first-order valence-corrected chi connectivity index (χ1v) is 7.94. The third-order valence-corrected chi connectivity index (χ3v) is 3.42. The van der Waals surface area contributed by atoms with Crippen LogP contribution in [0.2, 0.25) is 5.02 Å². The first-order chi connectivity index (χ1) is 11.5. The molecule has 2 rings (SSSR count). The van der Waals surface area contributed by atoms with E-state index in [-0.39, 0.29) is 10.6 Å². The lowest BCUT2D eigenvalue weighted by atomic mass is 10.2. The molecule has 3 N–H and O–H groups in total. The van der Waals surface area contributed by atoms with Crippen molar-refractivity contribution in [3.05, 3.63) is 46.5 Å². The van der Waals surface area contributed by atoms with Crippen LogP contribution in [0.15, 0.2) is 24.3 Å². The molecule has 0 bridgehead atoms. The molecule has 0 aliphatic rings. The summed E-state index contributed by atoms with van der Waals surface area (Å²) < 4.78 is 13.7. The summed E-state index contributed by atoms with van der Waals surface area (Å²) in [6.07, 6.45) is 0. The Morgan fingerprint density at radius 2 is 1.92 bits per heavy atom. The smallest absolute Gasteiger partial charge is 0.255 e. The molecule has 0 aliphatic heterocycles. The Balaban J connectivity index is 1.88. The topological polar surface area (TPSA) is 78.9 Å². The Kier molecular flexibility index (Phi) is 6.31. The average molecular weight is 352 g/mol. The summed E-state index contributed by atoms with van der Waals surface area (Å²) in [5, 5.41) is 8.91. The van der Waals surface area contributed by atoms with Crippen LogP contribution < -0.4 is 16.0 Å². The van der Waals surface area contributed by atoms with Gasteiger partial charge in [-0.05, 0) is 26.0 Å². The van der Waals surface area contributed by atoms with E-state index in [1.165, 1.54) is 18.2 Å². The molecule has 1 amide bonds. The quantitative estimate of drug-likeness (QED) is 0.668. The van der Waals surface area contributed by atoms with Crippen molar-refractivity contribution in [1.82, 2.24) is 15.3 Å². The van der Waals surface area contributed by atoms with E-state index in [1.807, 2.05) is 6.92 Å². The van der Waals surface area contributed by atoms with Crippen LogP contribution in [0.1, 0.15) is 23.1 Å². The zero-order valence-electron chi connectivity index (χ0n) is 13.5. The third kappa shape index (κ3) is 4.79. The summed E-state index contributed by atoms with van der Waals surface area (Å²) in [5.74, 6) is 0.825. The number of aryl methyl sites for hydroxylation is 1. The number of rotatable bonds is 7. The Bertz CT molecular complexity index is 705. The van der Waals surface area contributed by atoms with Crippen molar-refractivity contribution in [2.24, 2.45) is 0 Å². The van der Waals surface area contributed by atoms with Crippen LogP contribution in [0.5, 0.6) is 0 Å². The first-order valence-electron chi connectivity index (χ1n) is 7.57. The molecule has 24 heavy (non-hydrogen) atoms. The fraction of sp³-hybridized carbons (Fsp3) is 0.312. The number of anilines is 2. The molecule has 0 saturated carbocycles. The molecule has 2 aromatic rings. The number of hydrogen-bond donors (Lipinski definition) is 3. The van der Waals surface area contributed by atoms with Gasteiger partial charge < -0.3 is 16.0 Å². The van der Waals surface area contributed by atoms with Gasteiger partial charge in [0.05, 0.1) is 10.6 Å². The Labute approximate surface area is 144 Å². The fourth-order valence-corrected chi connectivity index (χ4v) is 2.35. The predicted octanol–water partition coefficient (Wildman–Crippen LogP) is 2.85. The van der Waals surface area contributed by atoms with Crippen LogP contribution >= 0.6 is 11.6 Å². The Morgan fingerprint density at radius 3 is 2.58 bits per heavy atom. The summed E-state index contributed by atoms with van der Waals surface area (Å²) in [6, 6.07) is 5.91. The maximum absolute atomic E-state index is 13.7. The van der Waals surface area contributed by atoms with E-state index in [0.717, 1.165) is 12.4 Å². The number of benzene rings is 1. The minimum Gasteiger partial charge on any atom is -0.370 e. The molecule has 128 valence electrons. The highest BCUT2D eigenvalue weighted by Gasteiger charge is 2.14. The van der Waals surface area contributed by atoms with Crippen LogP contribution in [0.25, 0.3) is 0 Å². The maximum atomic E-state index is 13.7. The maximum Gasteiger partial charge on any atom is 0.255 e. The zero-order chi connectivity index (χ0) is 17.5. The van der Waals surface area contributed by atoms with E-state index in [1.54, 1.807) is 13.0 Å². The van der Waals surface area contributed by atoms with Gasteiger partial charge in [-0.3, -0.25) is 4.79 Å². The number of carbonyl (C=O) groups excluding carboxylic acids is 1. The van der Waals surface area contributed by atoms with Gasteiger partial charge in [-0.15, -0.1) is 0 Å². The average Bonchev–Trinajstić information content (AvgIpc) is 2.51. The molecule has 1 heterocycles. The standard InChI is InChI=1S/C16H19ClFN5O/c1-3-19-13-9-14(23-10(2)22-13)20-7-8-21-16(24)15-11(17)5-4-6-12(15)18/h4-6,9H,3,7-8H2,1-2H3,(H,21,24)(H2,19,20,22,23). The van der Waals surface area contributed by atoms with Crippen molar-refractivity contribution in [3.63, 3.8) is 0 Å². The van der Waals surface area contributed by atoms with Gasteiger partial charge in [0.25, 0.3) is 5.91 Å². The molecule has 1 aromatic carbocycles. The number of aromatic nitrogens is 2. The number of hydrogen-bond acceptors (Lipinski definition) is 5. The van der Waals surface area contributed by atoms with Crippen LogP contribution in [-0.4, -0.2) is 35.5 Å². The van der Waals surface area contributed by atoms with E-state index < -0.39 is 11.7 Å². The normalized spacial score (nSPS) is 10.3. The van der Waals surface area contributed by atoms with Crippen molar-refractivity contribution in [2.75, 3.05) is 30.3 Å². The van der Waals surface area contributed by atoms with Crippen LogP contribution in [-0.2, 0) is 0 Å². The van der Waals surface area contributed by atoms with Crippen molar-refractivity contribution in [2.45, 2.75) is 13.8 Å². The van der Waals surface area contributed by atoms with Crippen molar-refractivity contribution in [1.29, 1.82) is 0 Å². The first kappa shape index (κ1) is 17.9. The highest BCUT2D eigenvalue weighted by atomic mass is 35.5. The second kappa shape index (κ2) is 8.44. The molecular weight excluding hydrogens is 333 g/mol. The molecule has 6 nitrogen and oxygen atoms in total. The molecule has 0 saturated heterocycles. The Hall–Kier alpha value is -2.41. The van der Waals surface area contributed by atoms with Gasteiger partial charge in [0.2, 0.25) is 0 Å². The Morgan fingerprint density at radius 1 is 1.21 bits per heavy atom. The molecule has 0 atom stereocenters. The lowest BCUT2D eigenvalue weighted by Gasteiger charge is -2.10. The summed E-state index contributed by atoms with van der Waals surface area (Å²) in [7, 11) is 0. The van der Waals surface area contributed by atoms with Gasteiger partial charge in [0, 0.05) is 25.7 Å². The molecule has 0 unspecified atom stereocenters. The van der Waals surface area contributed by atoms with Gasteiger partial charge in [-0.2, -0.15) is 0 Å². The van der Waals surface area contributed by atoms with Gasteiger partial charge in [0.15, 0.2) is 0 Å². The number of amides is 1. The van der Waals surface area contributed by atoms with Crippen LogP contribution in [0, 0.1) is 12.7 Å². The van der Waals surface area contributed by atoms with Crippen LogP contribution in [0.3, 0.4) is 0 Å².